The second-order valence-electron chi connectivity index (χ2n) is 4.07. The summed E-state index contributed by atoms with van der Waals surface area (Å²) >= 11 is 1.16. The van der Waals surface area contributed by atoms with Gasteiger partial charge in [-0.1, -0.05) is 25.2 Å². The summed E-state index contributed by atoms with van der Waals surface area (Å²) in [6, 6.07) is 3.53. The van der Waals surface area contributed by atoms with Crippen LogP contribution >= 0.6 is 11.3 Å². The van der Waals surface area contributed by atoms with E-state index in [-0.39, 0.29) is 0 Å². The van der Waals surface area contributed by atoms with Gasteiger partial charge in [-0.3, -0.25) is 0 Å². The van der Waals surface area contributed by atoms with Crippen molar-refractivity contribution < 1.29 is 14.3 Å². The molecule has 0 fully saturated rings. The van der Waals surface area contributed by atoms with Gasteiger partial charge in [0.2, 0.25) is 0 Å². The van der Waals surface area contributed by atoms with Gasteiger partial charge in [0, 0.05) is 6.07 Å². The fourth-order valence-corrected chi connectivity index (χ4v) is 2.75. The molecule has 0 saturated carbocycles. The van der Waals surface area contributed by atoms with Crippen molar-refractivity contribution in [3.63, 3.8) is 0 Å². The summed E-state index contributed by atoms with van der Waals surface area (Å²) in [6.07, 6.45) is 1.48. The number of thiophene rings is 1. The predicted octanol–water partition coefficient (Wildman–Crippen LogP) is 2.44. The number of ether oxygens (including phenoxy) is 1. The van der Waals surface area contributed by atoms with Crippen LogP contribution in [0.25, 0.3) is 10.2 Å². The molecule has 0 aliphatic rings. The van der Waals surface area contributed by atoms with Crippen molar-refractivity contribution in [2.75, 3.05) is 7.11 Å². The monoisotopic (exact) mass is 251 g/mol. The molecule has 2 aromatic rings. The van der Waals surface area contributed by atoms with Crippen LogP contribution in [0.3, 0.4) is 0 Å². The Hall–Kier alpha value is -1.62. The van der Waals surface area contributed by atoms with Crippen LogP contribution < -0.4 is 4.73 Å². The molecule has 0 saturated heterocycles. The number of pyridine rings is 1. The molecular weight excluding hydrogens is 238 g/mol. The number of carbonyl (C=O) groups excluding carboxylic acids is 1. The maximum Gasteiger partial charge on any atom is 0.348 e. The molecule has 0 aliphatic carbocycles. The molecule has 90 valence electrons. The molecule has 0 unspecified atom stereocenters. The van der Waals surface area contributed by atoms with Crippen molar-refractivity contribution in [1.82, 2.24) is 0 Å². The van der Waals surface area contributed by atoms with Gasteiger partial charge in [0.15, 0.2) is 6.20 Å². The number of nitrogens with zero attached hydrogens (tertiary/aromatic N) is 1. The lowest BCUT2D eigenvalue weighted by atomic mass is 10.0. The Kier molecular flexibility index (Phi) is 3.02. The standard InChI is InChI=1S/C12H13NO3S/c1-7(2)8-4-5-13(15)11-9(8)6-10(17-11)12(14)16-3/h4-7H,1-3H3. The minimum atomic E-state index is -0.402. The van der Waals surface area contributed by atoms with Gasteiger partial charge in [-0.15, -0.1) is 0 Å². The summed E-state index contributed by atoms with van der Waals surface area (Å²) in [4.78, 5) is 12.5. The fraction of sp³-hybridized carbons (Fsp3) is 0.333. The number of rotatable bonds is 2. The lowest BCUT2D eigenvalue weighted by Crippen LogP contribution is -2.25. The van der Waals surface area contributed by atoms with Gasteiger partial charge >= 0.3 is 5.97 Å². The third-order valence-electron chi connectivity index (χ3n) is 2.62. The minimum Gasteiger partial charge on any atom is -0.618 e. The highest BCUT2D eigenvalue weighted by Gasteiger charge is 2.19. The van der Waals surface area contributed by atoms with Gasteiger partial charge in [-0.05, 0) is 17.5 Å². The van der Waals surface area contributed by atoms with Crippen LogP contribution in [0, 0.1) is 5.21 Å². The molecule has 0 bridgehead atoms. The van der Waals surface area contributed by atoms with Crippen molar-refractivity contribution in [3.8, 4) is 0 Å². The van der Waals surface area contributed by atoms with E-state index in [1.165, 1.54) is 13.3 Å². The Labute approximate surface area is 103 Å². The number of fused-ring (bicyclic) bond motifs is 1. The number of aromatic nitrogens is 1. The maximum absolute atomic E-state index is 11.7. The number of carbonyl (C=O) groups is 1. The van der Waals surface area contributed by atoms with Crippen LogP contribution in [0.15, 0.2) is 18.3 Å². The summed E-state index contributed by atoms with van der Waals surface area (Å²) in [5.74, 6) is -0.0975. The maximum atomic E-state index is 11.7. The second-order valence-corrected chi connectivity index (χ2v) is 5.10. The summed E-state index contributed by atoms with van der Waals surface area (Å²) in [5.41, 5.74) is 1.07. The number of hydrogen-bond donors (Lipinski definition) is 0. The van der Waals surface area contributed by atoms with Crippen LogP contribution in [0.4, 0.5) is 0 Å². The number of esters is 1. The first-order chi connectivity index (χ1) is 8.04. The van der Waals surface area contributed by atoms with Gasteiger partial charge in [0.1, 0.15) is 4.88 Å². The molecule has 17 heavy (non-hydrogen) atoms. The first kappa shape index (κ1) is 11.9. The molecule has 0 radical (unpaired) electrons. The van der Waals surface area contributed by atoms with E-state index < -0.39 is 5.97 Å². The quantitative estimate of drug-likeness (QED) is 0.468. The lowest BCUT2D eigenvalue weighted by Gasteiger charge is -2.06. The van der Waals surface area contributed by atoms with Crippen molar-refractivity contribution in [2.24, 2.45) is 0 Å². The average Bonchev–Trinajstić information content (AvgIpc) is 2.73. The number of hydrogen-bond acceptors (Lipinski definition) is 4. The Balaban J connectivity index is 2.69. The highest BCUT2D eigenvalue weighted by Crippen LogP contribution is 2.29. The summed E-state index contributed by atoms with van der Waals surface area (Å²) < 4.78 is 5.46. The Morgan fingerprint density at radius 3 is 2.82 bits per heavy atom. The largest absolute Gasteiger partial charge is 0.618 e. The van der Waals surface area contributed by atoms with E-state index in [4.69, 9.17) is 0 Å². The van der Waals surface area contributed by atoms with E-state index in [1.807, 2.05) is 0 Å². The Morgan fingerprint density at radius 2 is 2.24 bits per heavy atom. The third kappa shape index (κ3) is 1.98. The smallest absolute Gasteiger partial charge is 0.348 e. The normalized spacial score (nSPS) is 11.1. The van der Waals surface area contributed by atoms with Crippen LogP contribution in [-0.2, 0) is 4.74 Å². The van der Waals surface area contributed by atoms with Gasteiger partial charge < -0.3 is 9.94 Å². The molecule has 0 N–H and O–H groups in total. The molecule has 4 nitrogen and oxygen atoms in total. The highest BCUT2D eigenvalue weighted by atomic mass is 32.1. The molecular formula is C12H13NO3S. The average molecular weight is 251 g/mol. The van der Waals surface area contributed by atoms with Gasteiger partial charge in [0.25, 0.3) is 4.83 Å². The lowest BCUT2D eigenvalue weighted by molar-refractivity contribution is -0.574. The molecule has 0 spiro atoms. The molecule has 2 rings (SSSR count). The Morgan fingerprint density at radius 1 is 1.53 bits per heavy atom. The Bertz CT molecular complexity index is 574. The van der Waals surface area contributed by atoms with Crippen LogP contribution in [0.5, 0.6) is 0 Å². The van der Waals surface area contributed by atoms with Crippen molar-refractivity contribution >= 4 is 27.5 Å². The third-order valence-corrected chi connectivity index (χ3v) is 3.72. The van der Waals surface area contributed by atoms with E-state index in [9.17, 15) is 10.0 Å². The zero-order valence-corrected chi connectivity index (χ0v) is 10.7. The highest BCUT2D eigenvalue weighted by molar-refractivity contribution is 7.20. The molecule has 0 atom stereocenters. The van der Waals surface area contributed by atoms with E-state index in [1.54, 1.807) is 12.1 Å². The first-order valence-electron chi connectivity index (χ1n) is 5.28. The second kappa shape index (κ2) is 4.33. The first-order valence-corrected chi connectivity index (χ1v) is 6.10. The SMILES string of the molecule is COC(=O)c1cc2c(C(C)C)cc[n+]([O-])c2s1. The van der Waals surface area contributed by atoms with Crippen molar-refractivity contribution in [1.29, 1.82) is 0 Å². The summed E-state index contributed by atoms with van der Waals surface area (Å²) in [6.45, 7) is 4.11. The van der Waals surface area contributed by atoms with E-state index in [0.717, 1.165) is 27.0 Å². The van der Waals surface area contributed by atoms with E-state index in [0.29, 0.717) is 15.6 Å². The van der Waals surface area contributed by atoms with Crippen LogP contribution in [-0.4, -0.2) is 13.1 Å². The van der Waals surface area contributed by atoms with Gasteiger partial charge in [-0.2, -0.15) is 4.73 Å². The summed E-state index contributed by atoms with van der Waals surface area (Å²) in [7, 11) is 1.33. The molecule has 0 aliphatic heterocycles. The molecule has 0 aromatic carbocycles. The van der Waals surface area contributed by atoms with E-state index in [2.05, 4.69) is 18.6 Å². The van der Waals surface area contributed by atoms with Crippen molar-refractivity contribution in [3.05, 3.63) is 34.0 Å². The minimum absolute atomic E-state index is 0.304. The fourth-order valence-electron chi connectivity index (χ4n) is 1.76. The van der Waals surface area contributed by atoms with Gasteiger partial charge in [-0.25, -0.2) is 4.79 Å². The zero-order chi connectivity index (χ0) is 12.6. The molecule has 5 heteroatoms. The topological polar surface area (TPSA) is 53.2 Å². The zero-order valence-electron chi connectivity index (χ0n) is 9.89. The predicted molar refractivity (Wildman–Crippen MR) is 66.2 cm³/mol. The molecule has 0 amide bonds. The van der Waals surface area contributed by atoms with Crippen LogP contribution in [0.1, 0.15) is 35.0 Å². The van der Waals surface area contributed by atoms with Crippen molar-refractivity contribution in [2.45, 2.75) is 19.8 Å². The van der Waals surface area contributed by atoms with Crippen LogP contribution in [0.2, 0.25) is 0 Å². The molecule has 2 aromatic heterocycles. The van der Waals surface area contributed by atoms with Gasteiger partial charge in [0.05, 0.1) is 12.5 Å². The molecule has 2 heterocycles. The summed E-state index contributed by atoms with van der Waals surface area (Å²) in [5, 5.41) is 12.5. The van der Waals surface area contributed by atoms with E-state index >= 15 is 0 Å². The number of methoxy groups -OCH3 is 1.